The zero-order valence-corrected chi connectivity index (χ0v) is 50.7. The van der Waals surface area contributed by atoms with E-state index in [2.05, 4.69) is 331 Å². The van der Waals surface area contributed by atoms with Gasteiger partial charge in [0.05, 0.1) is 77.6 Å². The number of nitrogens with zero attached hydrogens (tertiary/aromatic N) is 6. The van der Waals surface area contributed by atoms with Gasteiger partial charge in [0.2, 0.25) is 0 Å². The van der Waals surface area contributed by atoms with Crippen LogP contribution in [0.2, 0.25) is 0 Å². The smallest absolute Gasteiger partial charge is 0.0634 e. The van der Waals surface area contributed by atoms with Crippen LogP contribution in [0.1, 0.15) is 0 Å². The maximum atomic E-state index is 7.20. The minimum atomic E-state index is 0.572. The highest BCUT2D eigenvalue weighted by atomic mass is 15.0. The second kappa shape index (κ2) is 18.9. The lowest BCUT2D eigenvalue weighted by atomic mass is 9.97. The van der Waals surface area contributed by atoms with Gasteiger partial charge >= 0.3 is 0 Å². The predicted molar refractivity (Wildman–Crippen MR) is 396 cm³/mol. The third-order valence-electron chi connectivity index (χ3n) is 20.5. The maximum absolute atomic E-state index is 7.20. The van der Waals surface area contributed by atoms with Crippen molar-refractivity contribution >= 4 is 164 Å². The lowest BCUT2D eigenvalue weighted by Gasteiger charge is -2.17. The van der Waals surface area contributed by atoms with E-state index in [0.29, 0.717) is 11.4 Å². The number of nitrogen functional groups attached to an aromatic ring is 2. The summed E-state index contributed by atoms with van der Waals surface area (Å²) in [4.78, 5) is 0. The molecule has 21 rings (SSSR count). The average Bonchev–Trinajstić information content (AvgIpc) is 1.47. The number of benzene rings is 15. The van der Waals surface area contributed by atoms with Crippen molar-refractivity contribution in [2.24, 2.45) is 0 Å². The Balaban J connectivity index is 0.799. The molecule has 0 bridgehead atoms. The van der Waals surface area contributed by atoms with Gasteiger partial charge in [-0.2, -0.15) is 0 Å². The molecular weight excluding hydrogens is 1150 g/mol. The monoisotopic (exact) mass is 1200 g/mol. The summed E-state index contributed by atoms with van der Waals surface area (Å²) in [6.07, 6.45) is 0. The normalized spacial score (nSPS) is 12.3. The molecule has 0 atom stereocenters. The minimum Gasteiger partial charge on any atom is -0.397 e. The summed E-state index contributed by atoms with van der Waals surface area (Å²) in [6, 6.07) is 111. The molecule has 21 aromatic rings. The molecule has 0 aliphatic heterocycles. The van der Waals surface area contributed by atoms with Gasteiger partial charge < -0.3 is 38.9 Å². The van der Waals surface area contributed by atoms with E-state index in [-0.39, 0.29) is 0 Å². The number of nitrogens with two attached hydrogens (primary N) is 2. The van der Waals surface area contributed by atoms with Gasteiger partial charge in [0.1, 0.15) is 0 Å². The van der Waals surface area contributed by atoms with Gasteiger partial charge in [-0.1, -0.05) is 158 Å². The fourth-order valence-corrected chi connectivity index (χ4v) is 16.5. The van der Waals surface area contributed by atoms with Gasteiger partial charge in [-0.3, -0.25) is 0 Å². The average molecular weight is 1200 g/mol. The molecule has 15 aromatic carbocycles. The number of hydrogen-bond donors (Lipinski definition) is 2. The summed E-state index contributed by atoms with van der Waals surface area (Å²) < 4.78 is 14.6. The number of rotatable bonds is 6. The molecule has 0 aliphatic rings. The fraction of sp³-hybridized carbons (Fsp3) is 0. The van der Waals surface area contributed by atoms with Crippen LogP contribution in [-0.2, 0) is 0 Å². The van der Waals surface area contributed by atoms with Crippen molar-refractivity contribution in [1.29, 1.82) is 0 Å². The van der Waals surface area contributed by atoms with Crippen molar-refractivity contribution in [3.63, 3.8) is 0 Å². The number of aromatic nitrogens is 6. The van der Waals surface area contributed by atoms with E-state index in [0.717, 1.165) is 99.3 Å². The van der Waals surface area contributed by atoms with E-state index in [1.807, 2.05) is 0 Å². The Labute approximate surface area is 537 Å². The van der Waals surface area contributed by atoms with Crippen molar-refractivity contribution in [1.82, 2.24) is 27.4 Å². The van der Waals surface area contributed by atoms with Gasteiger partial charge in [0.15, 0.2) is 0 Å². The Morgan fingerprint density at radius 3 is 0.500 bits per heavy atom. The Kier molecular flexibility index (Phi) is 10.3. The van der Waals surface area contributed by atoms with Gasteiger partial charge in [-0.25, -0.2) is 0 Å². The second-order valence-electron chi connectivity index (χ2n) is 25.2. The minimum absolute atomic E-state index is 0.572. The molecule has 0 aliphatic carbocycles. The van der Waals surface area contributed by atoms with Crippen LogP contribution >= 0.6 is 0 Å². The molecule has 0 unspecified atom stereocenters. The number of fused-ring (bicyclic) bond motifs is 21. The topological polar surface area (TPSA) is 81.6 Å². The highest BCUT2D eigenvalue weighted by molar-refractivity contribution is 6.22. The van der Waals surface area contributed by atoms with Crippen molar-refractivity contribution in [2.75, 3.05) is 11.5 Å². The van der Waals surface area contributed by atoms with Crippen LogP contribution in [-0.4, -0.2) is 27.4 Å². The molecular formula is C86H54N8. The highest BCUT2D eigenvalue weighted by Crippen LogP contribution is 2.46. The van der Waals surface area contributed by atoms with E-state index in [1.165, 1.54) is 87.2 Å². The third kappa shape index (κ3) is 6.89. The second-order valence-corrected chi connectivity index (χ2v) is 25.2. The lowest BCUT2D eigenvalue weighted by molar-refractivity contribution is 1.16. The van der Waals surface area contributed by atoms with Crippen LogP contribution in [0.5, 0.6) is 0 Å². The van der Waals surface area contributed by atoms with Gasteiger partial charge in [0.25, 0.3) is 0 Å². The first-order valence-corrected chi connectivity index (χ1v) is 32.1. The summed E-state index contributed by atoms with van der Waals surface area (Å²) in [5.74, 6) is 0. The van der Waals surface area contributed by atoms with Crippen molar-refractivity contribution in [3.8, 4) is 34.1 Å². The van der Waals surface area contributed by atoms with Crippen LogP contribution in [0.25, 0.3) is 187 Å². The first kappa shape index (κ1) is 51.0. The molecule has 0 radical (unpaired) electrons. The molecule has 0 spiro atoms. The molecule has 0 saturated carbocycles. The molecule has 6 aromatic heterocycles. The van der Waals surface area contributed by atoms with E-state index in [9.17, 15) is 0 Å². The molecule has 8 heteroatoms. The van der Waals surface area contributed by atoms with Crippen LogP contribution in [0.4, 0.5) is 11.4 Å². The van der Waals surface area contributed by atoms with E-state index in [4.69, 9.17) is 11.5 Å². The number of para-hydroxylation sites is 8. The summed E-state index contributed by atoms with van der Waals surface area (Å²) >= 11 is 0. The predicted octanol–water partition coefficient (Wildman–Crippen LogP) is 21.7. The van der Waals surface area contributed by atoms with Gasteiger partial charge in [-0.05, 0) is 156 Å². The van der Waals surface area contributed by atoms with E-state index in [1.54, 1.807) is 0 Å². The van der Waals surface area contributed by atoms with Crippen LogP contribution in [0.3, 0.4) is 0 Å². The fourth-order valence-electron chi connectivity index (χ4n) is 16.5. The number of anilines is 2. The van der Waals surface area contributed by atoms with Gasteiger partial charge in [-0.15, -0.1) is 0 Å². The molecule has 0 saturated heterocycles. The molecule has 4 N–H and O–H groups in total. The summed E-state index contributed by atoms with van der Waals surface area (Å²) in [7, 11) is 0. The van der Waals surface area contributed by atoms with E-state index >= 15 is 0 Å². The SMILES string of the molecule is Nc1c(N)c2ccc(-n3c4ccc(-n5c6ccccc6c6ccccc65)cc4c4cc(-n5c6ccccc6c6ccccc65)ccc43)cc2c2cc(-n3c4ccc(-n5c6ccccc6c6ccccc65)cc4c4cc(-n5c6ccccc6c6ccccc65)ccc43)ccc12. The quantitative estimate of drug-likeness (QED) is 0.0988. The Morgan fingerprint density at radius 1 is 0.138 bits per heavy atom. The van der Waals surface area contributed by atoms with E-state index < -0.39 is 0 Å². The Bertz CT molecular complexity index is 5930. The number of hydrogen-bond acceptors (Lipinski definition) is 2. The molecule has 94 heavy (non-hydrogen) atoms. The zero-order chi connectivity index (χ0) is 61.6. The van der Waals surface area contributed by atoms with Crippen LogP contribution < -0.4 is 11.5 Å². The third-order valence-corrected chi connectivity index (χ3v) is 20.5. The summed E-state index contributed by atoms with van der Waals surface area (Å²) in [5, 5.41) is 18.3. The Hall–Kier alpha value is -12.8. The first-order valence-electron chi connectivity index (χ1n) is 32.1. The van der Waals surface area contributed by atoms with Crippen LogP contribution in [0, 0.1) is 0 Å². The molecule has 6 heterocycles. The summed E-state index contributed by atoms with van der Waals surface area (Å²) in [6.45, 7) is 0. The largest absolute Gasteiger partial charge is 0.397 e. The summed E-state index contributed by atoms with van der Waals surface area (Å²) in [5.41, 5.74) is 35.7. The van der Waals surface area contributed by atoms with Crippen molar-refractivity contribution < 1.29 is 0 Å². The Morgan fingerprint density at radius 2 is 0.298 bits per heavy atom. The van der Waals surface area contributed by atoms with Crippen molar-refractivity contribution in [3.05, 3.63) is 303 Å². The lowest BCUT2D eigenvalue weighted by Crippen LogP contribution is -2.01. The maximum Gasteiger partial charge on any atom is 0.0634 e. The highest BCUT2D eigenvalue weighted by Gasteiger charge is 2.24. The molecule has 0 amide bonds. The first-order chi connectivity index (χ1) is 46.5. The standard InChI is InChI=1S/C86H54N8/c87-85-65-39-33-51(93-81-41-35-53(89-73-25-9-1-17-57(73)58-18-2-10-26-74(58)89)47-69(81)70-48-54(36-42-82(70)93)90-75-27-11-3-19-59(75)60-20-4-12-28-76(60)90)45-67(65)68-46-52(34-40-66(68)86(85)88)94-83-43-37-55(91-77-29-13-5-21-61(77)62-22-6-14-30-78(62)91)49-71(83)72-50-56(38-44-84(72)94)92-79-31-15-7-23-63(79)64-24-8-16-32-80(64)92/h1-50H,87-88H2. The molecule has 8 nitrogen and oxygen atoms in total. The molecule has 438 valence electrons. The van der Waals surface area contributed by atoms with Crippen LogP contribution in [0.15, 0.2) is 303 Å². The molecule has 0 fully saturated rings. The zero-order valence-electron chi connectivity index (χ0n) is 50.7. The van der Waals surface area contributed by atoms with Crippen molar-refractivity contribution in [2.45, 2.75) is 0 Å². The van der Waals surface area contributed by atoms with Gasteiger partial charge in [0, 0.05) is 110 Å².